The fraction of sp³-hybridized carbons (Fsp3) is 0.900. The summed E-state index contributed by atoms with van der Waals surface area (Å²) >= 11 is 0. The lowest BCUT2D eigenvalue weighted by molar-refractivity contribution is -0.120. The van der Waals surface area contributed by atoms with Gasteiger partial charge < -0.3 is 11.1 Å². The Balaban J connectivity index is 2.20. The molecule has 0 aromatic carbocycles. The molecule has 3 nitrogen and oxygen atoms in total. The smallest absolute Gasteiger partial charge is 0.221 e. The van der Waals surface area contributed by atoms with E-state index in [0.717, 1.165) is 25.9 Å². The first-order chi connectivity index (χ1) is 6.02. The van der Waals surface area contributed by atoms with Crippen molar-refractivity contribution < 1.29 is 4.79 Å². The number of nitrogens with one attached hydrogen (secondary N) is 1. The summed E-state index contributed by atoms with van der Waals surface area (Å²) in [5.41, 5.74) is 5.79. The van der Waals surface area contributed by atoms with Crippen molar-refractivity contribution in [2.24, 2.45) is 22.5 Å². The Morgan fingerprint density at radius 1 is 1.38 bits per heavy atom. The second-order valence-corrected chi connectivity index (χ2v) is 4.96. The largest absolute Gasteiger partial charge is 0.369 e. The van der Waals surface area contributed by atoms with Crippen molar-refractivity contribution in [2.75, 3.05) is 13.1 Å². The van der Waals surface area contributed by atoms with Gasteiger partial charge in [0.05, 0.1) is 0 Å². The molecule has 1 unspecified atom stereocenters. The predicted molar refractivity (Wildman–Crippen MR) is 51.0 cm³/mol. The van der Waals surface area contributed by atoms with Gasteiger partial charge in [-0.3, -0.25) is 4.79 Å². The first kappa shape index (κ1) is 9.00. The number of primary amides is 1. The highest BCUT2D eigenvalue weighted by molar-refractivity contribution is 5.82. The summed E-state index contributed by atoms with van der Waals surface area (Å²) in [7, 11) is 0. The Kier molecular flexibility index (Phi) is 1.71. The zero-order valence-corrected chi connectivity index (χ0v) is 8.39. The molecule has 3 heteroatoms. The second-order valence-electron chi connectivity index (χ2n) is 4.96. The molecule has 1 heterocycles. The van der Waals surface area contributed by atoms with Gasteiger partial charge in [0, 0.05) is 5.92 Å². The Morgan fingerprint density at radius 2 is 1.92 bits per heavy atom. The number of carbonyl (C=O) groups excluding carboxylic acids is 1. The molecule has 0 aromatic rings. The monoisotopic (exact) mass is 182 g/mol. The average Bonchev–Trinajstić information content (AvgIpc) is 2.48. The van der Waals surface area contributed by atoms with Crippen molar-refractivity contribution >= 4 is 5.91 Å². The molecule has 3 N–H and O–H groups in total. The van der Waals surface area contributed by atoms with Crippen molar-refractivity contribution in [3.63, 3.8) is 0 Å². The van der Waals surface area contributed by atoms with Gasteiger partial charge in [-0.15, -0.1) is 0 Å². The molecule has 1 amide bonds. The molecule has 1 saturated carbocycles. The normalized spacial score (nSPS) is 34.5. The molecule has 2 fully saturated rings. The summed E-state index contributed by atoms with van der Waals surface area (Å²) in [5, 5.41) is 3.33. The van der Waals surface area contributed by atoms with Gasteiger partial charge in [-0.2, -0.15) is 0 Å². The third-order valence-electron chi connectivity index (χ3n) is 4.25. The molecule has 2 rings (SSSR count). The van der Waals surface area contributed by atoms with Crippen molar-refractivity contribution in [1.82, 2.24) is 5.32 Å². The third kappa shape index (κ3) is 0.966. The van der Waals surface area contributed by atoms with E-state index in [1.165, 1.54) is 0 Å². The van der Waals surface area contributed by atoms with Crippen LogP contribution in [0.25, 0.3) is 0 Å². The Morgan fingerprint density at radius 3 is 2.31 bits per heavy atom. The SMILES string of the molecule is CC1(C)C(C(N)=O)C12CCNCC2. The first-order valence-corrected chi connectivity index (χ1v) is 5.02. The van der Waals surface area contributed by atoms with Crippen molar-refractivity contribution in [3.05, 3.63) is 0 Å². The fourth-order valence-electron chi connectivity index (χ4n) is 3.38. The number of hydrogen-bond acceptors (Lipinski definition) is 2. The summed E-state index contributed by atoms with van der Waals surface area (Å²) in [6.45, 7) is 6.42. The van der Waals surface area contributed by atoms with E-state index < -0.39 is 0 Å². The van der Waals surface area contributed by atoms with Crippen molar-refractivity contribution in [2.45, 2.75) is 26.7 Å². The molecule has 0 radical (unpaired) electrons. The lowest BCUT2D eigenvalue weighted by Gasteiger charge is -2.25. The maximum Gasteiger partial charge on any atom is 0.221 e. The molecule has 1 aliphatic carbocycles. The first-order valence-electron chi connectivity index (χ1n) is 5.02. The number of amides is 1. The molecule has 74 valence electrons. The molecule has 1 atom stereocenters. The fourth-order valence-corrected chi connectivity index (χ4v) is 3.38. The van der Waals surface area contributed by atoms with Crippen LogP contribution in [0.5, 0.6) is 0 Å². The minimum atomic E-state index is -0.105. The quantitative estimate of drug-likeness (QED) is 0.620. The van der Waals surface area contributed by atoms with Gasteiger partial charge in [-0.1, -0.05) is 13.8 Å². The Bertz CT molecular complexity index is 241. The number of hydrogen-bond donors (Lipinski definition) is 2. The van der Waals surface area contributed by atoms with Crippen LogP contribution in [0.3, 0.4) is 0 Å². The Hall–Kier alpha value is -0.570. The van der Waals surface area contributed by atoms with Crippen LogP contribution in [0.15, 0.2) is 0 Å². The highest BCUT2D eigenvalue weighted by Crippen LogP contribution is 2.72. The van der Waals surface area contributed by atoms with E-state index in [4.69, 9.17) is 5.73 Å². The van der Waals surface area contributed by atoms with Crippen LogP contribution in [0, 0.1) is 16.7 Å². The van der Waals surface area contributed by atoms with Crippen LogP contribution >= 0.6 is 0 Å². The van der Waals surface area contributed by atoms with Gasteiger partial charge in [0.2, 0.25) is 5.91 Å². The summed E-state index contributed by atoms with van der Waals surface area (Å²) < 4.78 is 0. The van der Waals surface area contributed by atoms with Gasteiger partial charge in [0.15, 0.2) is 0 Å². The second kappa shape index (κ2) is 2.47. The molecule has 13 heavy (non-hydrogen) atoms. The molecular weight excluding hydrogens is 164 g/mol. The van der Waals surface area contributed by atoms with E-state index in [9.17, 15) is 4.79 Å². The standard InChI is InChI=1S/C10H18N2O/c1-9(2)7(8(11)13)10(9)3-5-12-6-4-10/h7,12H,3-6H2,1-2H3,(H2,11,13). The predicted octanol–water partition coefficient (Wildman–Crippen LogP) is 0.497. The van der Waals surface area contributed by atoms with Crippen LogP contribution < -0.4 is 11.1 Å². The topological polar surface area (TPSA) is 55.1 Å². The minimum absolute atomic E-state index is 0.105. The van der Waals surface area contributed by atoms with E-state index in [1.807, 2.05) is 0 Å². The van der Waals surface area contributed by atoms with Crippen LogP contribution in [-0.2, 0) is 4.79 Å². The van der Waals surface area contributed by atoms with Gasteiger partial charge >= 0.3 is 0 Å². The van der Waals surface area contributed by atoms with Crippen LogP contribution in [0.2, 0.25) is 0 Å². The van der Waals surface area contributed by atoms with Gasteiger partial charge in [0.1, 0.15) is 0 Å². The molecule has 0 bridgehead atoms. The van der Waals surface area contributed by atoms with E-state index in [1.54, 1.807) is 0 Å². The van der Waals surface area contributed by atoms with Gasteiger partial charge in [0.25, 0.3) is 0 Å². The number of piperidine rings is 1. The number of nitrogens with two attached hydrogens (primary N) is 1. The van der Waals surface area contributed by atoms with Crippen LogP contribution in [0.1, 0.15) is 26.7 Å². The number of rotatable bonds is 1. The zero-order valence-electron chi connectivity index (χ0n) is 8.39. The number of carbonyl (C=O) groups is 1. The summed E-state index contributed by atoms with van der Waals surface area (Å²) in [4.78, 5) is 11.3. The maximum absolute atomic E-state index is 11.3. The van der Waals surface area contributed by atoms with E-state index >= 15 is 0 Å². The molecule has 0 aromatic heterocycles. The van der Waals surface area contributed by atoms with Gasteiger partial charge in [-0.05, 0) is 36.8 Å². The highest BCUT2D eigenvalue weighted by Gasteiger charge is 2.72. The average molecular weight is 182 g/mol. The minimum Gasteiger partial charge on any atom is -0.369 e. The maximum atomic E-state index is 11.3. The summed E-state index contributed by atoms with van der Waals surface area (Å²) in [6, 6.07) is 0. The lowest BCUT2D eigenvalue weighted by Crippen LogP contribution is -2.32. The molecular formula is C10H18N2O. The van der Waals surface area contributed by atoms with Crippen molar-refractivity contribution in [1.29, 1.82) is 0 Å². The zero-order chi connectivity index (χ0) is 9.69. The molecule has 1 aliphatic heterocycles. The molecule has 1 saturated heterocycles. The summed E-state index contributed by atoms with van der Waals surface area (Å²) in [6.07, 6.45) is 2.21. The van der Waals surface area contributed by atoms with Crippen LogP contribution in [0.4, 0.5) is 0 Å². The van der Waals surface area contributed by atoms with E-state index in [-0.39, 0.29) is 22.7 Å². The van der Waals surface area contributed by atoms with E-state index in [0.29, 0.717) is 0 Å². The lowest BCUT2D eigenvalue weighted by atomic mass is 9.86. The van der Waals surface area contributed by atoms with Crippen LogP contribution in [-0.4, -0.2) is 19.0 Å². The highest BCUT2D eigenvalue weighted by atomic mass is 16.1. The Labute approximate surface area is 79.1 Å². The molecule has 1 spiro atoms. The van der Waals surface area contributed by atoms with Gasteiger partial charge in [-0.25, -0.2) is 0 Å². The van der Waals surface area contributed by atoms with E-state index in [2.05, 4.69) is 19.2 Å². The molecule has 2 aliphatic rings. The summed E-state index contributed by atoms with van der Waals surface area (Å²) in [5.74, 6) is 0.00833. The third-order valence-corrected chi connectivity index (χ3v) is 4.25. The van der Waals surface area contributed by atoms with Crippen molar-refractivity contribution in [3.8, 4) is 0 Å².